The molecule has 154 valence electrons. The Hall–Kier alpha value is -2.42. The van der Waals surface area contributed by atoms with E-state index < -0.39 is 15.9 Å². The molecule has 2 aliphatic heterocycles. The molecule has 0 aliphatic carbocycles. The van der Waals surface area contributed by atoms with E-state index in [2.05, 4.69) is 17.1 Å². The van der Waals surface area contributed by atoms with E-state index in [0.717, 1.165) is 25.2 Å². The van der Waals surface area contributed by atoms with Gasteiger partial charge in [0.25, 0.3) is 5.91 Å². The first-order chi connectivity index (χ1) is 14.0. The monoisotopic (exact) mass is 415 g/mol. The van der Waals surface area contributed by atoms with Gasteiger partial charge < -0.3 is 15.0 Å². The van der Waals surface area contributed by atoms with E-state index in [0.29, 0.717) is 18.9 Å². The summed E-state index contributed by atoms with van der Waals surface area (Å²) in [5.74, 6) is -0.432. The zero-order valence-electron chi connectivity index (χ0n) is 16.4. The topological polar surface area (TPSA) is 79.0 Å². The number of nitrogens with one attached hydrogen (secondary N) is 1. The molecule has 4 rings (SSSR count). The molecule has 0 radical (unpaired) electrons. The Morgan fingerprint density at radius 3 is 2.62 bits per heavy atom. The molecular formula is C21H25N3O4S. The van der Waals surface area contributed by atoms with Gasteiger partial charge >= 0.3 is 0 Å². The number of fused-ring (bicyclic) bond motifs is 1. The highest BCUT2D eigenvalue weighted by molar-refractivity contribution is 7.89. The maximum Gasteiger partial charge on any atom is 0.257 e. The molecule has 1 fully saturated rings. The van der Waals surface area contributed by atoms with Crippen molar-refractivity contribution in [1.82, 2.24) is 4.31 Å². The van der Waals surface area contributed by atoms with Crippen LogP contribution in [0.3, 0.4) is 0 Å². The van der Waals surface area contributed by atoms with Crippen LogP contribution in [0.2, 0.25) is 0 Å². The molecule has 0 spiro atoms. The van der Waals surface area contributed by atoms with E-state index in [-0.39, 0.29) is 23.5 Å². The van der Waals surface area contributed by atoms with E-state index in [4.69, 9.17) is 4.74 Å². The number of hydrogen-bond acceptors (Lipinski definition) is 5. The summed E-state index contributed by atoms with van der Waals surface area (Å²) in [6.07, 6.45) is 0.998. The lowest BCUT2D eigenvalue weighted by Crippen LogP contribution is -2.41. The molecule has 0 unspecified atom stereocenters. The van der Waals surface area contributed by atoms with Crippen molar-refractivity contribution < 1.29 is 17.9 Å². The standard InChI is InChI=1S/C21H25N3O4S/c1-2-23-10-9-16-7-8-17(15-19(16)23)22-21(25)18-5-3-4-6-20(18)29(26,27)24-11-13-28-14-12-24/h3-8,15H,2,9-14H2,1H3,(H,22,25). The summed E-state index contributed by atoms with van der Waals surface area (Å²) in [7, 11) is -3.77. The lowest BCUT2D eigenvalue weighted by Gasteiger charge is -2.26. The number of hydrogen-bond donors (Lipinski definition) is 1. The third-order valence-electron chi connectivity index (χ3n) is 5.44. The van der Waals surface area contributed by atoms with Crippen LogP contribution in [-0.2, 0) is 21.2 Å². The first kappa shape index (κ1) is 19.9. The highest BCUT2D eigenvalue weighted by Gasteiger charge is 2.30. The van der Waals surface area contributed by atoms with Gasteiger partial charge in [-0.1, -0.05) is 18.2 Å². The van der Waals surface area contributed by atoms with Crippen LogP contribution in [0.25, 0.3) is 0 Å². The van der Waals surface area contributed by atoms with Crippen molar-refractivity contribution in [1.29, 1.82) is 0 Å². The van der Waals surface area contributed by atoms with E-state index in [1.54, 1.807) is 18.2 Å². The van der Waals surface area contributed by atoms with Crippen LogP contribution in [0.15, 0.2) is 47.4 Å². The minimum absolute atomic E-state index is 0.0238. The van der Waals surface area contributed by atoms with Gasteiger partial charge in [-0.15, -0.1) is 0 Å². The van der Waals surface area contributed by atoms with E-state index in [1.165, 1.54) is 15.9 Å². The number of rotatable bonds is 5. The number of benzene rings is 2. The molecule has 2 aliphatic rings. The molecule has 7 nitrogen and oxygen atoms in total. The molecule has 1 amide bonds. The fourth-order valence-corrected chi connectivity index (χ4v) is 5.45. The number of morpholine rings is 1. The van der Waals surface area contributed by atoms with E-state index >= 15 is 0 Å². The van der Waals surface area contributed by atoms with Crippen molar-refractivity contribution in [2.24, 2.45) is 0 Å². The Morgan fingerprint density at radius 1 is 1.10 bits per heavy atom. The van der Waals surface area contributed by atoms with Crippen LogP contribution in [0.1, 0.15) is 22.8 Å². The van der Waals surface area contributed by atoms with Gasteiger partial charge in [0.15, 0.2) is 0 Å². The van der Waals surface area contributed by atoms with Crippen molar-refractivity contribution in [2.75, 3.05) is 49.6 Å². The van der Waals surface area contributed by atoms with Crippen molar-refractivity contribution in [3.8, 4) is 0 Å². The molecule has 0 aromatic heterocycles. The highest BCUT2D eigenvalue weighted by Crippen LogP contribution is 2.31. The second kappa shape index (κ2) is 8.14. The van der Waals surface area contributed by atoms with E-state index in [9.17, 15) is 13.2 Å². The second-order valence-electron chi connectivity index (χ2n) is 7.14. The summed E-state index contributed by atoms with van der Waals surface area (Å²) in [5.41, 5.74) is 3.19. The smallest absolute Gasteiger partial charge is 0.257 e. The summed E-state index contributed by atoms with van der Waals surface area (Å²) in [4.78, 5) is 15.3. The fourth-order valence-electron chi connectivity index (χ4n) is 3.86. The molecular weight excluding hydrogens is 390 g/mol. The summed E-state index contributed by atoms with van der Waals surface area (Å²) >= 11 is 0. The Labute approximate surface area is 171 Å². The fraction of sp³-hybridized carbons (Fsp3) is 0.381. The lowest BCUT2D eigenvalue weighted by atomic mass is 10.1. The predicted molar refractivity (Wildman–Crippen MR) is 112 cm³/mol. The number of nitrogens with zero attached hydrogens (tertiary/aromatic N) is 2. The van der Waals surface area contributed by atoms with Gasteiger partial charge in [0, 0.05) is 37.6 Å². The second-order valence-corrected chi connectivity index (χ2v) is 9.05. The number of carbonyl (C=O) groups is 1. The maximum absolute atomic E-state index is 13.1. The van der Waals surface area contributed by atoms with Gasteiger partial charge in [0.2, 0.25) is 10.0 Å². The predicted octanol–water partition coefficient (Wildman–Crippen LogP) is 2.34. The molecule has 0 atom stereocenters. The van der Waals surface area contributed by atoms with Gasteiger partial charge in [-0.3, -0.25) is 4.79 Å². The summed E-state index contributed by atoms with van der Waals surface area (Å²) < 4.78 is 32.8. The molecule has 2 aromatic carbocycles. The molecule has 8 heteroatoms. The Balaban J connectivity index is 1.61. The van der Waals surface area contributed by atoms with Gasteiger partial charge in [-0.25, -0.2) is 8.42 Å². The zero-order chi connectivity index (χ0) is 20.4. The third kappa shape index (κ3) is 3.88. The van der Waals surface area contributed by atoms with Gasteiger partial charge in [-0.05, 0) is 43.2 Å². The highest BCUT2D eigenvalue weighted by atomic mass is 32.2. The van der Waals surface area contributed by atoms with Crippen LogP contribution < -0.4 is 10.2 Å². The number of carbonyl (C=O) groups excluding carboxylic acids is 1. The number of anilines is 2. The third-order valence-corrected chi connectivity index (χ3v) is 7.39. The van der Waals surface area contributed by atoms with Crippen molar-refractivity contribution in [3.05, 3.63) is 53.6 Å². The summed E-state index contributed by atoms with van der Waals surface area (Å²) in [5, 5.41) is 2.87. The number of sulfonamides is 1. The molecule has 0 bridgehead atoms. The average Bonchev–Trinajstić information content (AvgIpc) is 3.16. The number of likely N-dealkylation sites (N-methyl/N-ethyl adjacent to an activating group) is 1. The first-order valence-corrected chi connectivity index (χ1v) is 11.3. The van der Waals surface area contributed by atoms with Gasteiger partial charge in [0.1, 0.15) is 0 Å². The van der Waals surface area contributed by atoms with Crippen LogP contribution in [0.5, 0.6) is 0 Å². The summed E-state index contributed by atoms with van der Waals surface area (Å²) in [6.45, 7) is 5.28. The zero-order valence-corrected chi connectivity index (χ0v) is 17.2. The molecule has 2 heterocycles. The number of amides is 1. The molecule has 0 saturated carbocycles. The van der Waals surface area contributed by atoms with Crippen molar-refractivity contribution in [3.63, 3.8) is 0 Å². The maximum atomic E-state index is 13.1. The van der Waals surface area contributed by atoms with Crippen LogP contribution in [0, 0.1) is 0 Å². The Bertz CT molecular complexity index is 1020. The molecule has 2 aromatic rings. The molecule has 29 heavy (non-hydrogen) atoms. The molecule has 1 saturated heterocycles. The van der Waals surface area contributed by atoms with Gasteiger partial charge in [-0.2, -0.15) is 4.31 Å². The van der Waals surface area contributed by atoms with Crippen LogP contribution >= 0.6 is 0 Å². The lowest BCUT2D eigenvalue weighted by molar-refractivity contribution is 0.0730. The largest absolute Gasteiger partial charge is 0.379 e. The Kier molecular flexibility index (Phi) is 5.58. The normalized spacial score (nSPS) is 17.2. The van der Waals surface area contributed by atoms with Crippen molar-refractivity contribution >= 4 is 27.3 Å². The van der Waals surface area contributed by atoms with Gasteiger partial charge in [0.05, 0.1) is 23.7 Å². The number of ether oxygens (including phenoxy) is 1. The first-order valence-electron chi connectivity index (χ1n) is 9.87. The quantitative estimate of drug-likeness (QED) is 0.811. The minimum Gasteiger partial charge on any atom is -0.379 e. The van der Waals surface area contributed by atoms with Crippen LogP contribution in [0.4, 0.5) is 11.4 Å². The molecule has 1 N–H and O–H groups in total. The average molecular weight is 416 g/mol. The summed E-state index contributed by atoms with van der Waals surface area (Å²) in [6, 6.07) is 12.2. The Morgan fingerprint density at radius 2 is 1.86 bits per heavy atom. The van der Waals surface area contributed by atoms with E-state index in [1.807, 2.05) is 18.2 Å². The van der Waals surface area contributed by atoms with Crippen LogP contribution in [-0.4, -0.2) is 58.0 Å². The van der Waals surface area contributed by atoms with Crippen molar-refractivity contribution in [2.45, 2.75) is 18.2 Å². The minimum atomic E-state index is -3.77. The SMILES string of the molecule is CCN1CCc2ccc(NC(=O)c3ccccc3S(=O)(=O)N3CCOCC3)cc21.